The molecule has 2 heteroatoms. The van der Waals surface area contributed by atoms with Crippen LogP contribution in [0.25, 0.3) is 0 Å². The quantitative estimate of drug-likeness (QED) is 0.533. The van der Waals surface area contributed by atoms with Gasteiger partial charge in [-0.3, -0.25) is 0 Å². The topological polar surface area (TPSA) is 38.4 Å². The molecule has 0 spiro atoms. The molecule has 2 nitrogen and oxygen atoms in total. The van der Waals surface area contributed by atoms with Crippen molar-refractivity contribution in [2.45, 2.75) is 13.8 Å². The lowest BCUT2D eigenvalue weighted by atomic mass is 10.0. The van der Waals surface area contributed by atoms with Crippen LogP contribution in [0.4, 0.5) is 11.4 Å². The van der Waals surface area contributed by atoms with Crippen molar-refractivity contribution in [3.63, 3.8) is 0 Å². The van der Waals surface area contributed by atoms with E-state index in [2.05, 4.69) is 24.3 Å². The zero-order chi connectivity index (χ0) is 16.2. The normalized spacial score (nSPS) is 10.3. The van der Waals surface area contributed by atoms with Gasteiger partial charge in [0.15, 0.2) is 0 Å². The predicted molar refractivity (Wildman–Crippen MR) is 98.5 cm³/mol. The van der Waals surface area contributed by atoms with E-state index in [-0.39, 0.29) is 0 Å². The largest absolute Gasteiger partial charge is 0.398 e. The second kappa shape index (κ2) is 6.49. The lowest BCUT2D eigenvalue weighted by Crippen LogP contribution is -2.02. The lowest BCUT2D eigenvalue weighted by molar-refractivity contribution is 1.36. The van der Waals surface area contributed by atoms with Crippen molar-refractivity contribution in [1.29, 1.82) is 0 Å². The second-order valence-corrected chi connectivity index (χ2v) is 5.69. The zero-order valence-electron chi connectivity index (χ0n) is 13.5. The van der Waals surface area contributed by atoms with Gasteiger partial charge in [0.25, 0.3) is 0 Å². The Morgan fingerprint density at radius 3 is 1.61 bits per heavy atom. The van der Waals surface area contributed by atoms with E-state index in [1.165, 1.54) is 0 Å². The first-order valence-electron chi connectivity index (χ1n) is 7.71. The summed E-state index contributed by atoms with van der Waals surface area (Å²) < 4.78 is 0. The van der Waals surface area contributed by atoms with Gasteiger partial charge >= 0.3 is 0 Å². The van der Waals surface area contributed by atoms with Crippen molar-refractivity contribution in [3.8, 4) is 0 Å². The molecule has 114 valence electrons. The van der Waals surface area contributed by atoms with E-state index in [9.17, 15) is 0 Å². The number of nitrogens with two attached hydrogens (primary N) is 1. The fourth-order valence-electron chi connectivity index (χ4n) is 2.63. The molecule has 0 aliphatic rings. The summed E-state index contributed by atoms with van der Waals surface area (Å²) in [5.74, 6) is 0. The number of hydrogen-bond donors (Lipinski definition) is 1. The fourth-order valence-corrected chi connectivity index (χ4v) is 2.63. The molecular weight excluding hydrogens is 280 g/mol. The van der Waals surface area contributed by atoms with Crippen molar-refractivity contribution in [3.05, 3.63) is 95.1 Å². The number of rotatable bonds is 3. The molecule has 3 aromatic rings. The van der Waals surface area contributed by atoms with Gasteiger partial charge in [-0.05, 0) is 37.1 Å². The van der Waals surface area contributed by atoms with Gasteiger partial charge in [0, 0.05) is 16.8 Å². The predicted octanol–water partition coefficient (Wildman–Crippen LogP) is 5.05. The van der Waals surface area contributed by atoms with E-state index < -0.39 is 0 Å². The van der Waals surface area contributed by atoms with Gasteiger partial charge in [-0.25, -0.2) is 4.99 Å². The number of nitrogens with zero attached hydrogens (tertiary/aromatic N) is 1. The van der Waals surface area contributed by atoms with Crippen LogP contribution in [-0.4, -0.2) is 5.71 Å². The van der Waals surface area contributed by atoms with Crippen molar-refractivity contribution in [2.75, 3.05) is 5.73 Å². The van der Waals surface area contributed by atoms with Gasteiger partial charge in [-0.2, -0.15) is 0 Å². The van der Waals surface area contributed by atoms with Gasteiger partial charge < -0.3 is 5.73 Å². The minimum atomic E-state index is 0.838. The van der Waals surface area contributed by atoms with Crippen LogP contribution in [-0.2, 0) is 0 Å². The Morgan fingerprint density at radius 1 is 0.739 bits per heavy atom. The van der Waals surface area contributed by atoms with E-state index >= 15 is 0 Å². The average Bonchev–Trinajstić information content (AvgIpc) is 2.59. The third-order valence-corrected chi connectivity index (χ3v) is 3.91. The Hall–Kier alpha value is -2.87. The van der Waals surface area contributed by atoms with Crippen LogP contribution in [0.3, 0.4) is 0 Å². The Morgan fingerprint density at radius 2 is 1.17 bits per heavy atom. The van der Waals surface area contributed by atoms with Gasteiger partial charge in [0.1, 0.15) is 0 Å². The summed E-state index contributed by atoms with van der Waals surface area (Å²) in [6.45, 7) is 4.04. The summed E-state index contributed by atoms with van der Waals surface area (Å²) in [4.78, 5) is 4.92. The molecule has 0 unspecified atom stereocenters. The highest BCUT2D eigenvalue weighted by Crippen LogP contribution is 2.25. The highest BCUT2D eigenvalue weighted by atomic mass is 14.8. The average molecular weight is 300 g/mol. The molecule has 0 saturated carbocycles. The second-order valence-electron chi connectivity index (χ2n) is 5.69. The highest BCUT2D eigenvalue weighted by molar-refractivity contribution is 6.13. The van der Waals surface area contributed by atoms with Gasteiger partial charge in [-0.1, -0.05) is 60.7 Å². The Kier molecular flexibility index (Phi) is 4.24. The summed E-state index contributed by atoms with van der Waals surface area (Å²) in [7, 11) is 0. The Balaban J connectivity index is 2.16. The molecule has 0 amide bonds. The molecule has 0 aromatic heterocycles. The number of nitrogen functional groups attached to an aromatic ring is 1. The number of benzene rings is 3. The number of hydrogen-bond acceptors (Lipinski definition) is 2. The van der Waals surface area contributed by atoms with Crippen molar-refractivity contribution in [2.24, 2.45) is 4.99 Å². The SMILES string of the molecule is Cc1cc(N=C(c2ccccc2)c2ccccc2)cc(C)c1N. The molecule has 0 saturated heterocycles. The summed E-state index contributed by atoms with van der Waals surface area (Å²) in [5.41, 5.74) is 13.1. The molecule has 0 heterocycles. The third-order valence-electron chi connectivity index (χ3n) is 3.91. The maximum atomic E-state index is 6.06. The molecule has 2 N–H and O–H groups in total. The molecule has 0 bridgehead atoms. The van der Waals surface area contributed by atoms with Crippen LogP contribution in [0, 0.1) is 13.8 Å². The molecule has 0 radical (unpaired) electrons. The summed E-state index contributed by atoms with van der Waals surface area (Å²) >= 11 is 0. The minimum Gasteiger partial charge on any atom is -0.398 e. The van der Waals surface area contributed by atoms with Crippen LogP contribution in [0.5, 0.6) is 0 Å². The molecule has 23 heavy (non-hydrogen) atoms. The number of aryl methyl sites for hydroxylation is 2. The Labute approximate surface area is 137 Å². The van der Waals surface area contributed by atoms with Crippen LogP contribution in [0.2, 0.25) is 0 Å². The summed E-state index contributed by atoms with van der Waals surface area (Å²) in [6, 6.07) is 24.6. The molecule has 3 rings (SSSR count). The van der Waals surface area contributed by atoms with Gasteiger partial charge in [0.05, 0.1) is 11.4 Å². The molecule has 0 fully saturated rings. The molecular formula is C21H20N2. The van der Waals surface area contributed by atoms with E-state index in [0.29, 0.717) is 0 Å². The highest BCUT2D eigenvalue weighted by Gasteiger charge is 2.08. The fraction of sp³-hybridized carbons (Fsp3) is 0.0952. The van der Waals surface area contributed by atoms with Crippen LogP contribution >= 0.6 is 0 Å². The molecule has 0 aliphatic carbocycles. The van der Waals surface area contributed by atoms with Crippen molar-refractivity contribution in [1.82, 2.24) is 0 Å². The zero-order valence-corrected chi connectivity index (χ0v) is 13.5. The summed E-state index contributed by atoms with van der Waals surface area (Å²) in [6.07, 6.45) is 0. The first-order valence-corrected chi connectivity index (χ1v) is 7.71. The van der Waals surface area contributed by atoms with Crippen LogP contribution in [0.15, 0.2) is 77.8 Å². The maximum Gasteiger partial charge on any atom is 0.0781 e. The first kappa shape index (κ1) is 15.0. The third kappa shape index (κ3) is 3.32. The summed E-state index contributed by atoms with van der Waals surface area (Å²) in [5, 5.41) is 0. The van der Waals surface area contributed by atoms with Crippen LogP contribution < -0.4 is 5.73 Å². The van der Waals surface area contributed by atoms with Crippen molar-refractivity contribution >= 4 is 17.1 Å². The van der Waals surface area contributed by atoms with Gasteiger partial charge in [-0.15, -0.1) is 0 Å². The minimum absolute atomic E-state index is 0.838. The standard InChI is InChI=1S/C21H20N2/c1-15-13-19(14-16(2)20(15)22)23-21(17-9-5-3-6-10-17)18-11-7-4-8-12-18/h3-14H,22H2,1-2H3. The van der Waals surface area contributed by atoms with Crippen LogP contribution in [0.1, 0.15) is 22.3 Å². The number of aliphatic imine (C=N–C) groups is 1. The van der Waals surface area contributed by atoms with Crippen molar-refractivity contribution < 1.29 is 0 Å². The number of anilines is 1. The smallest absolute Gasteiger partial charge is 0.0781 e. The van der Waals surface area contributed by atoms with E-state index in [4.69, 9.17) is 10.7 Å². The Bertz CT molecular complexity index is 770. The maximum absolute atomic E-state index is 6.06. The molecule has 0 atom stereocenters. The molecule has 3 aromatic carbocycles. The monoisotopic (exact) mass is 300 g/mol. The molecule has 0 aliphatic heterocycles. The lowest BCUT2D eigenvalue weighted by Gasteiger charge is -2.10. The van der Waals surface area contributed by atoms with E-state index in [1.807, 2.05) is 62.4 Å². The van der Waals surface area contributed by atoms with E-state index in [0.717, 1.165) is 39.3 Å². The van der Waals surface area contributed by atoms with Gasteiger partial charge in [0.2, 0.25) is 0 Å². The first-order chi connectivity index (χ1) is 11.1. The van der Waals surface area contributed by atoms with E-state index in [1.54, 1.807) is 0 Å².